The van der Waals surface area contributed by atoms with Crippen LogP contribution in [-0.4, -0.2) is 71.2 Å². The molecule has 5 fully saturated rings. The summed E-state index contributed by atoms with van der Waals surface area (Å²) in [5.41, 5.74) is 0.326. The van der Waals surface area contributed by atoms with Gasteiger partial charge in [0, 0.05) is 18.7 Å². The Morgan fingerprint density at radius 3 is 2.63 bits per heavy atom. The first-order chi connectivity index (χ1) is 16.9. The summed E-state index contributed by atoms with van der Waals surface area (Å²) in [4.78, 5) is 16.0. The number of nitrogens with zero attached hydrogens (tertiary/aromatic N) is 1. The molecule has 200 valence electrons. The Balaban J connectivity index is 1.30. The number of carbonyl (C=O) groups excluding carboxylic acids is 1. The Kier molecular flexibility index (Phi) is 7.85. The third kappa shape index (κ3) is 4.82. The highest BCUT2D eigenvalue weighted by Crippen LogP contribution is 2.63. The number of aliphatic hydroxyl groups is 2. The minimum absolute atomic E-state index is 0.0283. The highest BCUT2D eigenvalue weighted by atomic mass is 16.5. The van der Waals surface area contributed by atoms with Crippen LogP contribution in [0.5, 0.6) is 0 Å². The molecule has 0 radical (unpaired) electrons. The molecule has 0 aromatic rings. The fourth-order valence-electron chi connectivity index (χ4n) is 9.19. The number of hydrogen-bond acceptors (Lipinski definition) is 5. The van der Waals surface area contributed by atoms with Crippen LogP contribution >= 0.6 is 0 Å². The van der Waals surface area contributed by atoms with Gasteiger partial charge in [-0.15, -0.1) is 0 Å². The maximum atomic E-state index is 13.7. The van der Waals surface area contributed by atoms with Crippen molar-refractivity contribution in [1.82, 2.24) is 4.90 Å². The quantitative estimate of drug-likeness (QED) is 0.599. The molecule has 1 amide bonds. The number of rotatable bonds is 5. The van der Waals surface area contributed by atoms with Gasteiger partial charge in [0.2, 0.25) is 0 Å². The van der Waals surface area contributed by atoms with Gasteiger partial charge in [0.05, 0.1) is 19.3 Å². The molecule has 3 saturated carbocycles. The number of carbonyl (C=O) groups is 1. The number of fused-ring (bicyclic) bond motifs is 5. The summed E-state index contributed by atoms with van der Waals surface area (Å²) in [5.74, 6) is 3.01. The van der Waals surface area contributed by atoms with E-state index in [-0.39, 0.29) is 36.9 Å². The summed E-state index contributed by atoms with van der Waals surface area (Å²) < 4.78 is 12.0. The Hall–Kier alpha value is -0.690. The maximum absolute atomic E-state index is 13.7. The SMILES string of the molecule is C[C@]12CC[C@H](OC[C@H](O)CO)CC1CC[C@@H]1C2CC[C@@]2(C)[C@H]1CCCCN2C(=O)[C@H]1CCCCO1. The highest BCUT2D eigenvalue weighted by Gasteiger charge is 2.59. The normalized spacial score (nSPS) is 45.0. The van der Waals surface area contributed by atoms with Crippen LogP contribution in [0, 0.1) is 29.1 Å². The number of hydrogen-bond donors (Lipinski definition) is 2. The zero-order chi connectivity index (χ0) is 24.6. The predicted molar refractivity (Wildman–Crippen MR) is 135 cm³/mol. The van der Waals surface area contributed by atoms with Crippen LogP contribution in [0.3, 0.4) is 0 Å². The summed E-state index contributed by atoms with van der Waals surface area (Å²) in [6.45, 7) is 6.63. The van der Waals surface area contributed by atoms with E-state index in [9.17, 15) is 9.90 Å². The van der Waals surface area contributed by atoms with Crippen molar-refractivity contribution in [3.63, 3.8) is 0 Å². The summed E-state index contributed by atoms with van der Waals surface area (Å²) in [7, 11) is 0. The van der Waals surface area contributed by atoms with E-state index in [1.807, 2.05) is 0 Å². The fraction of sp³-hybridized carbons (Fsp3) is 0.966. The van der Waals surface area contributed by atoms with E-state index in [1.165, 1.54) is 38.5 Å². The standard InChI is InChI=1S/C29H49NO5/c1-28-13-11-22(35-19-21(32)18-31)17-20(28)9-10-23-24(28)12-14-29(2)25(23)7-3-5-15-30(29)27(33)26-8-4-6-16-34-26/h20-26,31-32H,3-19H2,1-2H3/t20?,21-,22+,23-,24?,25+,26-,28+,29+/m1/s1. The molecule has 3 aliphatic carbocycles. The van der Waals surface area contributed by atoms with Crippen molar-refractivity contribution in [2.75, 3.05) is 26.4 Å². The van der Waals surface area contributed by atoms with Gasteiger partial charge in [-0.1, -0.05) is 13.3 Å². The van der Waals surface area contributed by atoms with E-state index in [4.69, 9.17) is 14.6 Å². The molecule has 0 spiro atoms. The summed E-state index contributed by atoms with van der Waals surface area (Å²) >= 11 is 0. The number of ether oxygens (including phenoxy) is 2. The lowest BCUT2D eigenvalue weighted by atomic mass is 9.45. The van der Waals surface area contributed by atoms with Gasteiger partial charge in [0.15, 0.2) is 0 Å². The molecule has 0 aromatic heterocycles. The lowest BCUT2D eigenvalue weighted by Crippen LogP contribution is -2.63. The average Bonchev–Trinajstić information content (AvgIpc) is 3.05. The van der Waals surface area contributed by atoms with Crippen molar-refractivity contribution in [2.45, 2.75) is 121 Å². The first-order valence-corrected chi connectivity index (χ1v) is 14.7. The van der Waals surface area contributed by atoms with Gasteiger partial charge in [-0.05, 0) is 113 Å². The fourth-order valence-corrected chi connectivity index (χ4v) is 9.19. The largest absolute Gasteiger partial charge is 0.394 e. The monoisotopic (exact) mass is 491 g/mol. The lowest BCUT2D eigenvalue weighted by molar-refractivity contribution is -0.169. The van der Waals surface area contributed by atoms with Crippen molar-refractivity contribution >= 4 is 5.91 Å². The molecule has 2 saturated heterocycles. The number of amides is 1. The smallest absolute Gasteiger partial charge is 0.252 e. The molecule has 2 aliphatic heterocycles. The summed E-state index contributed by atoms with van der Waals surface area (Å²) in [6, 6.07) is 0. The van der Waals surface area contributed by atoms with Gasteiger partial charge < -0.3 is 24.6 Å². The van der Waals surface area contributed by atoms with Crippen molar-refractivity contribution in [3.05, 3.63) is 0 Å². The van der Waals surface area contributed by atoms with Crippen LogP contribution in [0.2, 0.25) is 0 Å². The highest BCUT2D eigenvalue weighted by molar-refractivity contribution is 5.82. The molecule has 5 aliphatic rings. The average molecular weight is 492 g/mol. The minimum Gasteiger partial charge on any atom is -0.394 e. The molecule has 6 heteroatoms. The molecular weight excluding hydrogens is 442 g/mol. The Labute approximate surface area is 212 Å². The second kappa shape index (κ2) is 10.6. The molecule has 35 heavy (non-hydrogen) atoms. The van der Waals surface area contributed by atoms with Crippen LogP contribution in [0.15, 0.2) is 0 Å². The van der Waals surface area contributed by atoms with Crippen molar-refractivity contribution < 1.29 is 24.5 Å². The molecule has 2 heterocycles. The summed E-state index contributed by atoms with van der Waals surface area (Å²) in [5, 5.41) is 18.8. The zero-order valence-electron chi connectivity index (χ0n) is 22.1. The molecule has 5 rings (SSSR count). The minimum atomic E-state index is -0.769. The Morgan fingerprint density at radius 1 is 1.03 bits per heavy atom. The Morgan fingerprint density at radius 2 is 1.86 bits per heavy atom. The number of aliphatic hydroxyl groups excluding tert-OH is 2. The summed E-state index contributed by atoms with van der Waals surface area (Å²) in [6.07, 6.45) is 14.2. The second-order valence-electron chi connectivity index (χ2n) is 13.0. The van der Waals surface area contributed by atoms with Crippen molar-refractivity contribution in [1.29, 1.82) is 0 Å². The van der Waals surface area contributed by atoms with Gasteiger partial charge in [-0.3, -0.25) is 4.79 Å². The van der Waals surface area contributed by atoms with Crippen LogP contribution in [0.4, 0.5) is 0 Å². The first-order valence-electron chi connectivity index (χ1n) is 14.7. The molecule has 9 atom stereocenters. The molecule has 2 N–H and O–H groups in total. The van der Waals surface area contributed by atoms with Gasteiger partial charge in [-0.25, -0.2) is 0 Å². The molecular formula is C29H49NO5. The van der Waals surface area contributed by atoms with Crippen LogP contribution < -0.4 is 0 Å². The molecule has 2 unspecified atom stereocenters. The topological polar surface area (TPSA) is 79.2 Å². The van der Waals surface area contributed by atoms with E-state index in [0.29, 0.717) is 23.2 Å². The van der Waals surface area contributed by atoms with E-state index in [0.717, 1.165) is 64.0 Å². The predicted octanol–water partition coefficient (Wildman–Crippen LogP) is 4.31. The Bertz CT molecular complexity index is 741. The first kappa shape index (κ1) is 25.9. The number of likely N-dealkylation sites (tertiary alicyclic amines) is 1. The van der Waals surface area contributed by atoms with E-state index in [1.54, 1.807) is 0 Å². The second-order valence-corrected chi connectivity index (χ2v) is 13.0. The van der Waals surface area contributed by atoms with Crippen molar-refractivity contribution in [2.24, 2.45) is 29.1 Å². The zero-order valence-corrected chi connectivity index (χ0v) is 22.1. The van der Waals surface area contributed by atoms with Gasteiger partial charge in [0.1, 0.15) is 12.2 Å². The molecule has 6 nitrogen and oxygen atoms in total. The molecule has 0 aromatic carbocycles. The van der Waals surface area contributed by atoms with Crippen LogP contribution in [0.1, 0.15) is 97.3 Å². The maximum Gasteiger partial charge on any atom is 0.252 e. The van der Waals surface area contributed by atoms with Gasteiger partial charge in [0.25, 0.3) is 5.91 Å². The van der Waals surface area contributed by atoms with E-state index >= 15 is 0 Å². The lowest BCUT2D eigenvalue weighted by Gasteiger charge is -2.63. The third-order valence-electron chi connectivity index (χ3n) is 11.2. The van der Waals surface area contributed by atoms with E-state index < -0.39 is 6.10 Å². The third-order valence-corrected chi connectivity index (χ3v) is 11.2. The molecule has 0 bridgehead atoms. The van der Waals surface area contributed by atoms with Gasteiger partial charge >= 0.3 is 0 Å². The van der Waals surface area contributed by atoms with Gasteiger partial charge in [-0.2, -0.15) is 0 Å². The van der Waals surface area contributed by atoms with Crippen LogP contribution in [-0.2, 0) is 14.3 Å². The van der Waals surface area contributed by atoms with Crippen molar-refractivity contribution in [3.8, 4) is 0 Å². The van der Waals surface area contributed by atoms with Crippen LogP contribution in [0.25, 0.3) is 0 Å². The van der Waals surface area contributed by atoms with E-state index in [2.05, 4.69) is 18.7 Å².